The Morgan fingerprint density at radius 1 is 0.821 bits per heavy atom. The minimum Gasteiger partial charge on any atom is -0.379 e. The van der Waals surface area contributed by atoms with Gasteiger partial charge in [-0.15, -0.1) is 0 Å². The number of fused-ring (bicyclic) bond motifs is 3. The molecule has 0 spiro atoms. The monoisotopic (exact) mass is 563 g/mol. The molecule has 9 nitrogen and oxygen atoms in total. The van der Waals surface area contributed by atoms with Crippen molar-refractivity contribution in [3.8, 4) is 11.3 Å². The van der Waals surface area contributed by atoms with Crippen molar-refractivity contribution in [2.45, 2.75) is 23.3 Å². The Kier molecular flexibility index (Phi) is 6.26. The molecule has 0 radical (unpaired) electrons. The predicted molar refractivity (Wildman–Crippen MR) is 145 cm³/mol. The van der Waals surface area contributed by atoms with E-state index in [0.29, 0.717) is 35.4 Å². The van der Waals surface area contributed by atoms with Crippen LogP contribution in [0.2, 0.25) is 0 Å². The molecule has 0 aliphatic carbocycles. The topological polar surface area (TPSA) is 114 Å². The molecule has 0 bridgehead atoms. The Balaban J connectivity index is 1.54. The van der Waals surface area contributed by atoms with Crippen LogP contribution in [0.25, 0.3) is 22.2 Å². The van der Waals surface area contributed by atoms with Gasteiger partial charge in [0, 0.05) is 29.6 Å². The van der Waals surface area contributed by atoms with Crippen LogP contribution in [0.4, 0.5) is 0 Å². The second-order valence-electron chi connectivity index (χ2n) is 9.51. The van der Waals surface area contributed by atoms with E-state index in [2.05, 4.69) is 0 Å². The van der Waals surface area contributed by atoms with Crippen molar-refractivity contribution < 1.29 is 26.4 Å². The fraction of sp³-hybridized carbons (Fsp3) is 0.214. The highest BCUT2D eigenvalue weighted by molar-refractivity contribution is 7.89. The summed E-state index contributed by atoms with van der Waals surface area (Å²) in [4.78, 5) is 18.7. The lowest BCUT2D eigenvalue weighted by molar-refractivity contribution is 0.0730. The molecule has 1 aromatic heterocycles. The normalized spacial score (nSPS) is 16.5. The van der Waals surface area contributed by atoms with E-state index in [4.69, 9.17) is 9.72 Å². The lowest BCUT2D eigenvalue weighted by Crippen LogP contribution is -2.40. The Bertz CT molecular complexity index is 1820. The first-order valence-corrected chi connectivity index (χ1v) is 15.3. The maximum atomic E-state index is 13.9. The number of aryl methyl sites for hydroxylation is 1. The summed E-state index contributed by atoms with van der Waals surface area (Å²) in [6.07, 6.45) is 0. The van der Waals surface area contributed by atoms with E-state index in [1.54, 1.807) is 18.2 Å². The van der Waals surface area contributed by atoms with Crippen LogP contribution >= 0.6 is 0 Å². The SMILES string of the molecule is Cc1ccc(S(=O)(=O)N2Cc3c(-c4ccccc4)nc4ccc(S(=O)(=O)N5CCOCC5)cc4c3C2=O)cc1. The van der Waals surface area contributed by atoms with Gasteiger partial charge in [0.1, 0.15) is 0 Å². The van der Waals surface area contributed by atoms with Gasteiger partial charge < -0.3 is 4.74 Å². The second-order valence-corrected chi connectivity index (χ2v) is 13.3. The van der Waals surface area contributed by atoms with Crippen molar-refractivity contribution in [1.82, 2.24) is 13.6 Å². The summed E-state index contributed by atoms with van der Waals surface area (Å²) in [5, 5.41) is 0.297. The Labute approximate surface area is 226 Å². The molecule has 2 aliphatic rings. The summed E-state index contributed by atoms with van der Waals surface area (Å²) in [6, 6.07) is 20.0. The second kappa shape index (κ2) is 9.53. The zero-order valence-corrected chi connectivity index (χ0v) is 22.7. The molecule has 3 aromatic carbocycles. The fourth-order valence-corrected chi connectivity index (χ4v) is 7.76. The highest BCUT2D eigenvalue weighted by atomic mass is 32.2. The lowest BCUT2D eigenvalue weighted by atomic mass is 9.98. The molecule has 6 rings (SSSR count). The standard InChI is InChI=1S/C28H25N3O6S2/c1-19-7-9-21(10-8-19)39(35,36)31-18-24-26(28(31)32)23-17-22(38(33,34)30-13-15-37-16-14-30)11-12-25(23)29-27(24)20-5-3-2-4-6-20/h2-12,17H,13-16,18H2,1H3. The molecule has 2 aliphatic heterocycles. The maximum absolute atomic E-state index is 13.9. The first-order valence-electron chi connectivity index (χ1n) is 12.4. The van der Waals surface area contributed by atoms with Crippen LogP contribution in [0.3, 0.4) is 0 Å². The molecule has 0 N–H and O–H groups in total. The number of sulfonamides is 2. The van der Waals surface area contributed by atoms with Gasteiger partial charge in [0.05, 0.1) is 46.3 Å². The average molecular weight is 564 g/mol. The van der Waals surface area contributed by atoms with Crippen LogP contribution in [0.15, 0.2) is 82.6 Å². The molecule has 1 fully saturated rings. The molecular weight excluding hydrogens is 538 g/mol. The van der Waals surface area contributed by atoms with Gasteiger partial charge in [-0.1, -0.05) is 48.0 Å². The van der Waals surface area contributed by atoms with Crippen LogP contribution in [-0.2, 0) is 31.3 Å². The molecule has 11 heteroatoms. The number of pyridine rings is 1. The fourth-order valence-electron chi connectivity index (χ4n) is 4.98. The van der Waals surface area contributed by atoms with Gasteiger partial charge in [-0.3, -0.25) is 4.79 Å². The Hall–Kier alpha value is -3.64. The number of benzene rings is 3. The predicted octanol–water partition coefficient (Wildman–Crippen LogP) is 3.58. The van der Waals surface area contributed by atoms with Crippen molar-refractivity contribution >= 4 is 36.9 Å². The molecule has 0 unspecified atom stereocenters. The Morgan fingerprint density at radius 2 is 1.49 bits per heavy atom. The van der Waals surface area contributed by atoms with E-state index in [1.165, 1.54) is 28.6 Å². The summed E-state index contributed by atoms with van der Waals surface area (Å²) in [6.45, 7) is 2.69. The smallest absolute Gasteiger partial charge is 0.269 e. The number of aromatic nitrogens is 1. The summed E-state index contributed by atoms with van der Waals surface area (Å²) >= 11 is 0. The summed E-state index contributed by atoms with van der Waals surface area (Å²) in [7, 11) is -8.04. The number of hydrogen-bond donors (Lipinski definition) is 0. The van der Waals surface area contributed by atoms with Gasteiger partial charge in [0.15, 0.2) is 0 Å². The number of nitrogens with zero attached hydrogens (tertiary/aromatic N) is 3. The number of amides is 1. The van der Waals surface area contributed by atoms with Crippen LogP contribution in [-0.4, -0.2) is 62.6 Å². The summed E-state index contributed by atoms with van der Waals surface area (Å²) in [5.74, 6) is -0.712. The number of carbonyl (C=O) groups excluding carboxylic acids is 1. The van der Waals surface area contributed by atoms with Crippen molar-refractivity contribution in [3.63, 3.8) is 0 Å². The number of ether oxygens (including phenoxy) is 1. The first-order chi connectivity index (χ1) is 18.7. The van der Waals surface area contributed by atoms with Crippen LogP contribution in [0, 0.1) is 6.92 Å². The highest BCUT2D eigenvalue weighted by Crippen LogP contribution is 2.39. The lowest BCUT2D eigenvalue weighted by Gasteiger charge is -2.26. The third kappa shape index (κ3) is 4.31. The molecule has 1 amide bonds. The number of carbonyl (C=O) groups is 1. The van der Waals surface area contributed by atoms with Crippen molar-refractivity contribution in [2.24, 2.45) is 0 Å². The number of morpholine rings is 1. The quantitative estimate of drug-likeness (QED) is 0.365. The van der Waals surface area contributed by atoms with Gasteiger partial charge in [-0.25, -0.2) is 26.1 Å². The maximum Gasteiger partial charge on any atom is 0.269 e. The number of hydrogen-bond acceptors (Lipinski definition) is 7. The van der Waals surface area contributed by atoms with Gasteiger partial charge >= 0.3 is 0 Å². The average Bonchev–Trinajstić information content (AvgIpc) is 3.31. The van der Waals surface area contributed by atoms with Gasteiger partial charge in [0.2, 0.25) is 10.0 Å². The zero-order chi connectivity index (χ0) is 27.4. The van der Waals surface area contributed by atoms with Crippen molar-refractivity contribution in [1.29, 1.82) is 0 Å². The van der Waals surface area contributed by atoms with E-state index < -0.39 is 26.0 Å². The molecular formula is C28H25N3O6S2. The van der Waals surface area contributed by atoms with Crippen molar-refractivity contribution in [2.75, 3.05) is 26.3 Å². The van der Waals surface area contributed by atoms with E-state index in [0.717, 1.165) is 15.4 Å². The molecule has 200 valence electrons. The molecule has 39 heavy (non-hydrogen) atoms. The van der Waals surface area contributed by atoms with E-state index >= 15 is 0 Å². The summed E-state index contributed by atoms with van der Waals surface area (Å²) < 4.78 is 61.5. The van der Waals surface area contributed by atoms with Crippen LogP contribution in [0.1, 0.15) is 21.5 Å². The third-order valence-corrected chi connectivity index (χ3v) is 10.7. The molecule has 0 atom stereocenters. The van der Waals surface area contributed by atoms with Crippen molar-refractivity contribution in [3.05, 3.63) is 89.5 Å². The summed E-state index contributed by atoms with van der Waals surface area (Å²) in [5.41, 5.74) is 3.08. The van der Waals surface area contributed by atoms with E-state index in [1.807, 2.05) is 37.3 Å². The van der Waals surface area contributed by atoms with Crippen LogP contribution in [0.5, 0.6) is 0 Å². The minimum atomic E-state index is -4.18. The molecule has 0 saturated carbocycles. The van der Waals surface area contributed by atoms with E-state index in [-0.39, 0.29) is 35.0 Å². The first kappa shape index (κ1) is 25.6. The molecule has 1 saturated heterocycles. The van der Waals surface area contributed by atoms with Gasteiger partial charge in [0.25, 0.3) is 15.9 Å². The number of rotatable bonds is 5. The van der Waals surface area contributed by atoms with E-state index in [9.17, 15) is 21.6 Å². The largest absolute Gasteiger partial charge is 0.379 e. The minimum absolute atomic E-state index is 0.00312. The molecule has 3 heterocycles. The van der Waals surface area contributed by atoms with Gasteiger partial charge in [-0.2, -0.15) is 4.31 Å². The third-order valence-electron chi connectivity index (χ3n) is 7.06. The molecule has 4 aromatic rings. The highest BCUT2D eigenvalue weighted by Gasteiger charge is 2.40. The van der Waals surface area contributed by atoms with Crippen LogP contribution < -0.4 is 0 Å². The Morgan fingerprint density at radius 3 is 2.18 bits per heavy atom. The zero-order valence-electron chi connectivity index (χ0n) is 21.1. The van der Waals surface area contributed by atoms with Gasteiger partial charge in [-0.05, 0) is 37.3 Å².